The lowest BCUT2D eigenvalue weighted by atomic mass is 10.3. The number of aliphatic carboxylic acids is 1. The lowest BCUT2D eigenvalue weighted by Crippen LogP contribution is -2.03. The molecule has 0 atom stereocenters. The fourth-order valence-corrected chi connectivity index (χ4v) is 0.936. The molecule has 0 aliphatic rings. The van der Waals surface area contributed by atoms with Gasteiger partial charge >= 0.3 is 5.97 Å². The molecule has 0 aromatic carbocycles. The first kappa shape index (κ1) is 8.93. The maximum Gasteiger partial charge on any atom is 0.309 e. The van der Waals surface area contributed by atoms with E-state index >= 15 is 0 Å². The van der Waals surface area contributed by atoms with Crippen LogP contribution in [0.1, 0.15) is 5.69 Å². The zero-order chi connectivity index (χ0) is 9.14. The third kappa shape index (κ3) is 2.17. The van der Waals surface area contributed by atoms with Crippen LogP contribution in [0.5, 0.6) is 0 Å². The van der Waals surface area contributed by atoms with Gasteiger partial charge in [-0.1, -0.05) is 11.6 Å². The fraction of sp³-hybridized carbons (Fsp3) is 0.143. The van der Waals surface area contributed by atoms with Crippen molar-refractivity contribution in [1.82, 2.24) is 4.98 Å². The highest BCUT2D eigenvalue weighted by Gasteiger charge is 2.07. The highest BCUT2D eigenvalue weighted by Crippen LogP contribution is 2.14. The molecule has 0 bridgehead atoms. The van der Waals surface area contributed by atoms with Gasteiger partial charge in [0.25, 0.3) is 0 Å². The van der Waals surface area contributed by atoms with Crippen LogP contribution in [-0.4, -0.2) is 16.1 Å². The van der Waals surface area contributed by atoms with E-state index in [2.05, 4.69) is 4.98 Å². The van der Waals surface area contributed by atoms with Crippen LogP contribution in [0.3, 0.4) is 0 Å². The first-order chi connectivity index (χ1) is 5.59. The topological polar surface area (TPSA) is 50.2 Å². The number of rotatable bonds is 2. The Kier molecular flexibility index (Phi) is 2.60. The van der Waals surface area contributed by atoms with Crippen molar-refractivity contribution in [3.05, 3.63) is 28.8 Å². The molecule has 0 saturated heterocycles. The molecule has 0 fully saturated rings. The van der Waals surface area contributed by atoms with Crippen LogP contribution in [-0.2, 0) is 11.2 Å². The molecule has 1 rings (SSSR count). The molecular formula is C7H5ClFNO2. The quantitative estimate of drug-likeness (QED) is 0.767. The summed E-state index contributed by atoms with van der Waals surface area (Å²) in [6.07, 6.45) is 0.642. The van der Waals surface area contributed by atoms with E-state index in [9.17, 15) is 9.18 Å². The van der Waals surface area contributed by atoms with Gasteiger partial charge < -0.3 is 5.11 Å². The van der Waals surface area contributed by atoms with Crippen LogP contribution in [0.15, 0.2) is 12.3 Å². The van der Waals surface area contributed by atoms with Crippen molar-refractivity contribution < 1.29 is 14.3 Å². The summed E-state index contributed by atoms with van der Waals surface area (Å²) in [6, 6.07) is 1.03. The van der Waals surface area contributed by atoms with Crippen LogP contribution in [0, 0.1) is 5.82 Å². The molecule has 64 valence electrons. The minimum Gasteiger partial charge on any atom is -0.481 e. The van der Waals surface area contributed by atoms with Crippen LogP contribution in [0.4, 0.5) is 4.39 Å². The van der Waals surface area contributed by atoms with Crippen LogP contribution < -0.4 is 0 Å². The molecule has 0 aliphatic carbocycles. The number of nitrogens with zero attached hydrogens (tertiary/aromatic N) is 1. The van der Waals surface area contributed by atoms with Gasteiger partial charge in [0.2, 0.25) is 0 Å². The molecule has 0 aliphatic heterocycles. The second kappa shape index (κ2) is 3.49. The van der Waals surface area contributed by atoms with Gasteiger partial charge in [-0.05, 0) is 6.07 Å². The third-order valence-electron chi connectivity index (χ3n) is 1.20. The Morgan fingerprint density at radius 1 is 1.75 bits per heavy atom. The Morgan fingerprint density at radius 2 is 2.42 bits per heavy atom. The third-order valence-corrected chi connectivity index (χ3v) is 1.53. The number of carbonyl (C=O) groups is 1. The van der Waals surface area contributed by atoms with E-state index in [-0.39, 0.29) is 17.1 Å². The predicted molar refractivity (Wildman–Crippen MR) is 40.5 cm³/mol. The predicted octanol–water partition coefficient (Wildman–Crippen LogP) is 1.50. The molecule has 1 aromatic rings. The minimum atomic E-state index is -1.05. The van der Waals surface area contributed by atoms with Gasteiger partial charge in [-0.3, -0.25) is 9.78 Å². The number of pyridine rings is 1. The summed E-state index contributed by atoms with van der Waals surface area (Å²) >= 11 is 5.51. The molecule has 1 aromatic heterocycles. The molecule has 0 unspecified atom stereocenters. The summed E-state index contributed by atoms with van der Waals surface area (Å²) in [5, 5.41) is 8.41. The standard InChI is InChI=1S/C7H5ClFNO2/c8-5-1-4(9)3-10-6(5)2-7(11)12/h1,3H,2H2,(H,11,12). The Bertz CT molecular complexity index is 316. The molecule has 0 amide bonds. The monoisotopic (exact) mass is 189 g/mol. The lowest BCUT2D eigenvalue weighted by Gasteiger charge is -1.98. The number of halogens is 2. The lowest BCUT2D eigenvalue weighted by molar-refractivity contribution is -0.136. The minimum absolute atomic E-state index is 0.0393. The summed E-state index contributed by atoms with van der Waals surface area (Å²) in [5.41, 5.74) is 0.172. The molecule has 12 heavy (non-hydrogen) atoms. The van der Waals surface area contributed by atoms with E-state index in [1.165, 1.54) is 0 Å². The van der Waals surface area contributed by atoms with Gasteiger partial charge in [0.1, 0.15) is 5.82 Å². The smallest absolute Gasteiger partial charge is 0.309 e. The van der Waals surface area contributed by atoms with Crippen LogP contribution in [0.25, 0.3) is 0 Å². The van der Waals surface area contributed by atoms with Crippen molar-refractivity contribution in [1.29, 1.82) is 0 Å². The summed E-state index contributed by atoms with van der Waals surface area (Å²) in [6.45, 7) is 0. The number of hydrogen-bond acceptors (Lipinski definition) is 2. The molecule has 0 radical (unpaired) electrons. The maximum atomic E-state index is 12.4. The van der Waals surface area contributed by atoms with Crippen LogP contribution in [0.2, 0.25) is 5.02 Å². The van der Waals surface area contributed by atoms with Gasteiger partial charge in [-0.25, -0.2) is 4.39 Å². The Morgan fingerprint density at radius 3 is 2.92 bits per heavy atom. The zero-order valence-electron chi connectivity index (χ0n) is 5.92. The van der Waals surface area contributed by atoms with E-state index in [1.807, 2.05) is 0 Å². The Hall–Kier alpha value is -1.16. The van der Waals surface area contributed by atoms with Gasteiger partial charge in [0, 0.05) is 0 Å². The first-order valence-electron chi connectivity index (χ1n) is 3.11. The van der Waals surface area contributed by atoms with Crippen molar-refractivity contribution >= 4 is 17.6 Å². The van der Waals surface area contributed by atoms with Crippen molar-refractivity contribution in [2.24, 2.45) is 0 Å². The van der Waals surface area contributed by atoms with Crippen molar-refractivity contribution in [3.63, 3.8) is 0 Å². The molecule has 1 heterocycles. The molecule has 1 N–H and O–H groups in total. The van der Waals surface area contributed by atoms with Crippen molar-refractivity contribution in [2.45, 2.75) is 6.42 Å². The highest BCUT2D eigenvalue weighted by atomic mass is 35.5. The summed E-state index contributed by atoms with van der Waals surface area (Å²) < 4.78 is 12.4. The summed E-state index contributed by atoms with van der Waals surface area (Å²) in [4.78, 5) is 13.7. The van der Waals surface area contributed by atoms with Gasteiger partial charge in [0.05, 0.1) is 23.3 Å². The van der Waals surface area contributed by atoms with Gasteiger partial charge in [-0.15, -0.1) is 0 Å². The Balaban J connectivity index is 2.93. The second-order valence-electron chi connectivity index (χ2n) is 2.15. The average molecular weight is 190 g/mol. The molecule has 5 heteroatoms. The van der Waals surface area contributed by atoms with E-state index < -0.39 is 11.8 Å². The highest BCUT2D eigenvalue weighted by molar-refractivity contribution is 6.31. The van der Waals surface area contributed by atoms with Gasteiger partial charge in [0.15, 0.2) is 0 Å². The number of carboxylic acid groups (broad SMARTS) is 1. The summed E-state index contributed by atoms with van der Waals surface area (Å²) in [5.74, 6) is -1.62. The number of hydrogen-bond donors (Lipinski definition) is 1. The van der Waals surface area contributed by atoms with Crippen LogP contribution >= 0.6 is 11.6 Å². The average Bonchev–Trinajstić information content (AvgIpc) is 1.94. The van der Waals surface area contributed by atoms with E-state index in [1.54, 1.807) is 0 Å². The van der Waals surface area contributed by atoms with E-state index in [0.717, 1.165) is 12.3 Å². The number of aromatic nitrogens is 1. The fourth-order valence-electron chi connectivity index (χ4n) is 0.716. The maximum absolute atomic E-state index is 12.4. The molecule has 0 spiro atoms. The van der Waals surface area contributed by atoms with Crippen molar-refractivity contribution in [3.8, 4) is 0 Å². The molecule has 3 nitrogen and oxygen atoms in total. The Labute approximate surface area is 72.8 Å². The summed E-state index contributed by atoms with van der Waals surface area (Å²) in [7, 11) is 0. The van der Waals surface area contributed by atoms with E-state index in [0.29, 0.717) is 0 Å². The van der Waals surface area contributed by atoms with Crippen molar-refractivity contribution in [2.75, 3.05) is 0 Å². The normalized spacial score (nSPS) is 9.83. The first-order valence-corrected chi connectivity index (χ1v) is 3.49. The molecule has 0 saturated carbocycles. The zero-order valence-corrected chi connectivity index (χ0v) is 6.68. The van der Waals surface area contributed by atoms with Gasteiger partial charge in [-0.2, -0.15) is 0 Å². The SMILES string of the molecule is O=C(O)Cc1ncc(F)cc1Cl. The largest absolute Gasteiger partial charge is 0.481 e. The second-order valence-corrected chi connectivity index (χ2v) is 2.56. The number of carboxylic acids is 1. The molecular weight excluding hydrogens is 185 g/mol. The van der Waals surface area contributed by atoms with E-state index in [4.69, 9.17) is 16.7 Å².